The molecule has 0 aliphatic heterocycles. The lowest BCUT2D eigenvalue weighted by molar-refractivity contribution is 0.172. The van der Waals surface area contributed by atoms with Crippen LogP contribution in [0.5, 0.6) is 0 Å². The molecular weight excluding hydrogens is 270 g/mol. The molecule has 4 nitrogen and oxygen atoms in total. The monoisotopic (exact) mass is 279 g/mol. The van der Waals surface area contributed by atoms with E-state index in [1.54, 1.807) is 24.8 Å². The molecule has 0 fully saturated rings. The predicted molar refractivity (Wildman–Crippen MR) is 62.6 cm³/mol. The molecule has 1 atom stereocenters. The number of rotatable bonds is 3. The normalized spacial score (nSPS) is 12.4. The number of nitrogens with zero attached hydrogens (tertiary/aromatic N) is 3. The molecule has 1 unspecified atom stereocenters. The summed E-state index contributed by atoms with van der Waals surface area (Å²) in [6.45, 7) is 0. The van der Waals surface area contributed by atoms with E-state index in [0.717, 1.165) is 10.2 Å². The van der Waals surface area contributed by atoms with Crippen molar-refractivity contribution in [3.63, 3.8) is 0 Å². The average Bonchev–Trinajstić information content (AvgIpc) is 2.33. The van der Waals surface area contributed by atoms with Gasteiger partial charge < -0.3 is 5.11 Å². The molecule has 0 aromatic carbocycles. The van der Waals surface area contributed by atoms with Gasteiger partial charge in [0.1, 0.15) is 6.10 Å². The molecule has 0 aliphatic rings. The van der Waals surface area contributed by atoms with Crippen molar-refractivity contribution in [1.29, 1.82) is 0 Å². The molecule has 82 valence electrons. The zero-order valence-electron chi connectivity index (χ0n) is 8.42. The van der Waals surface area contributed by atoms with Crippen molar-refractivity contribution >= 4 is 15.9 Å². The summed E-state index contributed by atoms with van der Waals surface area (Å²) in [5.74, 6) is 0. The zero-order chi connectivity index (χ0) is 11.4. The van der Waals surface area contributed by atoms with E-state index in [1.165, 1.54) is 0 Å². The van der Waals surface area contributed by atoms with Crippen LogP contribution in [-0.2, 0) is 6.42 Å². The molecule has 2 aromatic rings. The number of pyridine rings is 1. The lowest BCUT2D eigenvalue weighted by Crippen LogP contribution is -2.05. The van der Waals surface area contributed by atoms with Gasteiger partial charge in [-0.1, -0.05) is 0 Å². The highest BCUT2D eigenvalue weighted by Crippen LogP contribution is 2.15. The Hall–Kier alpha value is -1.33. The Balaban J connectivity index is 2.08. The Morgan fingerprint density at radius 1 is 1.19 bits per heavy atom. The van der Waals surface area contributed by atoms with Crippen LogP contribution in [0.3, 0.4) is 0 Å². The van der Waals surface area contributed by atoms with E-state index in [4.69, 9.17) is 0 Å². The summed E-state index contributed by atoms with van der Waals surface area (Å²) < 4.78 is 0.922. The number of halogens is 1. The second kappa shape index (κ2) is 5.14. The van der Waals surface area contributed by atoms with E-state index in [2.05, 4.69) is 30.9 Å². The molecule has 2 aromatic heterocycles. The van der Waals surface area contributed by atoms with E-state index >= 15 is 0 Å². The summed E-state index contributed by atoms with van der Waals surface area (Å²) in [6.07, 6.45) is 6.18. The van der Waals surface area contributed by atoms with Crippen molar-refractivity contribution in [1.82, 2.24) is 15.0 Å². The first kappa shape index (κ1) is 11.2. The minimum atomic E-state index is -0.664. The summed E-state index contributed by atoms with van der Waals surface area (Å²) in [6, 6.07) is 3.76. The number of hydrogen-bond donors (Lipinski definition) is 1. The Morgan fingerprint density at radius 2 is 2.06 bits per heavy atom. The van der Waals surface area contributed by atoms with Crippen LogP contribution in [0.2, 0.25) is 0 Å². The van der Waals surface area contributed by atoms with Crippen LogP contribution in [0.15, 0.2) is 41.4 Å². The highest BCUT2D eigenvalue weighted by molar-refractivity contribution is 9.10. The lowest BCUT2D eigenvalue weighted by Gasteiger charge is -2.08. The van der Waals surface area contributed by atoms with Crippen LogP contribution in [0.25, 0.3) is 0 Å². The van der Waals surface area contributed by atoms with E-state index in [9.17, 15) is 5.11 Å². The second-order valence-electron chi connectivity index (χ2n) is 3.32. The largest absolute Gasteiger partial charge is 0.386 e. The SMILES string of the molecule is OC(Cc1ccc(Br)cn1)c1cnccn1. The smallest absolute Gasteiger partial charge is 0.103 e. The predicted octanol–water partition coefficient (Wildman–Crippen LogP) is 1.91. The van der Waals surface area contributed by atoms with Gasteiger partial charge in [-0.2, -0.15) is 0 Å². The Morgan fingerprint density at radius 3 is 2.69 bits per heavy atom. The van der Waals surface area contributed by atoms with Crippen molar-refractivity contribution < 1.29 is 5.11 Å². The van der Waals surface area contributed by atoms with Gasteiger partial charge in [-0.15, -0.1) is 0 Å². The van der Waals surface area contributed by atoms with Crippen LogP contribution in [0.4, 0.5) is 0 Å². The molecule has 0 saturated heterocycles. The standard InChI is InChI=1S/C11H10BrN3O/c12-8-1-2-9(15-6-8)5-11(16)10-7-13-3-4-14-10/h1-4,6-7,11,16H,5H2. The quantitative estimate of drug-likeness (QED) is 0.933. The molecule has 5 heteroatoms. The topological polar surface area (TPSA) is 58.9 Å². The van der Waals surface area contributed by atoms with Crippen LogP contribution < -0.4 is 0 Å². The maximum absolute atomic E-state index is 9.89. The molecule has 0 aliphatic carbocycles. The fourth-order valence-electron chi connectivity index (χ4n) is 1.31. The molecule has 0 radical (unpaired) electrons. The van der Waals surface area contributed by atoms with Crippen LogP contribution in [0.1, 0.15) is 17.5 Å². The van der Waals surface area contributed by atoms with Gasteiger partial charge in [0.25, 0.3) is 0 Å². The fraction of sp³-hybridized carbons (Fsp3) is 0.182. The van der Waals surface area contributed by atoms with Gasteiger partial charge in [0.05, 0.1) is 11.9 Å². The van der Waals surface area contributed by atoms with Gasteiger partial charge in [-0.05, 0) is 28.1 Å². The highest BCUT2D eigenvalue weighted by Gasteiger charge is 2.10. The van der Waals surface area contributed by atoms with E-state index in [0.29, 0.717) is 12.1 Å². The highest BCUT2D eigenvalue weighted by atomic mass is 79.9. The second-order valence-corrected chi connectivity index (χ2v) is 4.23. The Bertz CT molecular complexity index is 447. The molecule has 1 N–H and O–H groups in total. The minimum Gasteiger partial charge on any atom is -0.386 e. The third-order valence-electron chi connectivity index (χ3n) is 2.12. The Labute approximate surface area is 102 Å². The summed E-state index contributed by atoms with van der Waals surface area (Å²) in [5.41, 5.74) is 1.38. The fourth-order valence-corrected chi connectivity index (χ4v) is 1.55. The van der Waals surface area contributed by atoms with Gasteiger partial charge in [0.15, 0.2) is 0 Å². The molecule has 0 bridgehead atoms. The summed E-state index contributed by atoms with van der Waals surface area (Å²) in [4.78, 5) is 12.1. The minimum absolute atomic E-state index is 0.436. The molecule has 0 spiro atoms. The summed E-state index contributed by atoms with van der Waals surface area (Å²) in [7, 11) is 0. The molecule has 16 heavy (non-hydrogen) atoms. The van der Waals surface area contributed by atoms with Crippen molar-refractivity contribution in [2.24, 2.45) is 0 Å². The van der Waals surface area contributed by atoms with Crippen molar-refractivity contribution in [3.05, 3.63) is 52.8 Å². The molecule has 0 amide bonds. The number of aliphatic hydroxyl groups excluding tert-OH is 1. The third-order valence-corrected chi connectivity index (χ3v) is 2.58. The summed E-state index contributed by atoms with van der Waals surface area (Å²) in [5, 5.41) is 9.89. The first-order chi connectivity index (χ1) is 7.75. The maximum Gasteiger partial charge on any atom is 0.103 e. The van der Waals surface area contributed by atoms with Crippen LogP contribution in [0, 0.1) is 0 Å². The molecule has 0 saturated carbocycles. The van der Waals surface area contributed by atoms with Gasteiger partial charge in [-0.25, -0.2) is 0 Å². The maximum atomic E-state index is 9.89. The van der Waals surface area contributed by atoms with Crippen LogP contribution >= 0.6 is 15.9 Å². The average molecular weight is 280 g/mol. The number of aliphatic hydroxyl groups is 1. The van der Waals surface area contributed by atoms with Gasteiger partial charge in [0, 0.05) is 35.2 Å². The van der Waals surface area contributed by atoms with E-state index < -0.39 is 6.10 Å². The van der Waals surface area contributed by atoms with Crippen LogP contribution in [-0.4, -0.2) is 20.1 Å². The van der Waals surface area contributed by atoms with Crippen molar-refractivity contribution in [3.8, 4) is 0 Å². The number of hydrogen-bond acceptors (Lipinski definition) is 4. The first-order valence-electron chi connectivity index (χ1n) is 4.80. The first-order valence-corrected chi connectivity index (χ1v) is 5.59. The van der Waals surface area contributed by atoms with Gasteiger partial charge in [0.2, 0.25) is 0 Å². The van der Waals surface area contributed by atoms with Gasteiger partial charge in [-0.3, -0.25) is 15.0 Å². The van der Waals surface area contributed by atoms with Gasteiger partial charge >= 0.3 is 0 Å². The van der Waals surface area contributed by atoms with E-state index in [1.807, 2.05) is 12.1 Å². The molecule has 2 rings (SSSR count). The molecule has 2 heterocycles. The zero-order valence-corrected chi connectivity index (χ0v) is 10.0. The van der Waals surface area contributed by atoms with Crippen molar-refractivity contribution in [2.75, 3.05) is 0 Å². The van der Waals surface area contributed by atoms with E-state index in [-0.39, 0.29) is 0 Å². The number of aromatic nitrogens is 3. The third kappa shape index (κ3) is 2.84. The molecular formula is C11H10BrN3O. The lowest BCUT2D eigenvalue weighted by atomic mass is 10.1. The summed E-state index contributed by atoms with van der Waals surface area (Å²) >= 11 is 3.31. The Kier molecular flexibility index (Phi) is 3.58. The van der Waals surface area contributed by atoms with Crippen molar-refractivity contribution in [2.45, 2.75) is 12.5 Å².